The molecule has 0 spiro atoms. The zero-order chi connectivity index (χ0) is 9.42. The molecule has 0 nitrogen and oxygen atoms in total. The Morgan fingerprint density at radius 2 is 2.08 bits per heavy atom. The van der Waals surface area contributed by atoms with Gasteiger partial charge in [-0.3, -0.25) is 0 Å². The van der Waals surface area contributed by atoms with Crippen molar-refractivity contribution in [3.8, 4) is 0 Å². The summed E-state index contributed by atoms with van der Waals surface area (Å²) in [5.41, 5.74) is 0. The van der Waals surface area contributed by atoms with Crippen molar-refractivity contribution in [3.05, 3.63) is 22.7 Å². The topological polar surface area (TPSA) is 0 Å². The molecule has 0 aliphatic heterocycles. The van der Waals surface area contributed by atoms with Crippen molar-refractivity contribution < 1.29 is 0 Å². The van der Waals surface area contributed by atoms with Gasteiger partial charge in [0.05, 0.1) is 0 Å². The third-order valence-electron chi connectivity index (χ3n) is 3.73. The van der Waals surface area contributed by atoms with Crippen molar-refractivity contribution in [1.82, 2.24) is 0 Å². The summed E-state index contributed by atoms with van der Waals surface area (Å²) in [6, 6.07) is 0. The summed E-state index contributed by atoms with van der Waals surface area (Å²) in [5.74, 6) is 3.22. The van der Waals surface area contributed by atoms with Crippen LogP contribution < -0.4 is 0 Å². The molecule has 0 saturated carbocycles. The van der Waals surface area contributed by atoms with Gasteiger partial charge in [-0.2, -0.15) is 0 Å². The highest BCUT2D eigenvalue weighted by Crippen LogP contribution is 2.42. The van der Waals surface area contributed by atoms with Crippen LogP contribution >= 0.6 is 15.9 Å². The van der Waals surface area contributed by atoms with Crippen molar-refractivity contribution in [2.75, 3.05) is 0 Å². The van der Waals surface area contributed by atoms with E-state index in [0.29, 0.717) is 5.92 Å². The highest BCUT2D eigenvalue weighted by Gasteiger charge is 2.32. The Balaban J connectivity index is 2.23. The lowest BCUT2D eigenvalue weighted by molar-refractivity contribution is 0.223. The molecule has 1 heteroatoms. The summed E-state index contributed by atoms with van der Waals surface area (Å²) in [4.78, 5) is 0. The molecule has 0 radical (unpaired) electrons. The smallest absolute Gasteiger partial charge is 0.00113 e. The maximum atomic E-state index is 3.61. The first-order valence-electron chi connectivity index (χ1n) is 5.23. The lowest BCUT2D eigenvalue weighted by Gasteiger charge is -2.37. The molecule has 0 fully saturated rings. The van der Waals surface area contributed by atoms with Crippen LogP contribution in [0.2, 0.25) is 0 Å². The summed E-state index contributed by atoms with van der Waals surface area (Å²) < 4.78 is 1.40. The Hall–Kier alpha value is -0.0400. The average Bonchev–Trinajstić information content (AvgIpc) is 2.12. The minimum atomic E-state index is 0.703. The lowest BCUT2D eigenvalue weighted by atomic mass is 9.68. The fourth-order valence-electron chi connectivity index (χ4n) is 2.59. The molecule has 0 N–H and O–H groups in total. The van der Waals surface area contributed by atoms with Gasteiger partial charge in [-0.15, -0.1) is 0 Å². The fraction of sp³-hybridized carbons (Fsp3) is 0.667. The Labute approximate surface area is 89.2 Å². The van der Waals surface area contributed by atoms with Crippen LogP contribution in [0, 0.1) is 23.7 Å². The van der Waals surface area contributed by atoms with E-state index in [9.17, 15) is 0 Å². The van der Waals surface area contributed by atoms with Gasteiger partial charge in [0.1, 0.15) is 0 Å². The molecule has 72 valence electrons. The van der Waals surface area contributed by atoms with Crippen LogP contribution in [0.1, 0.15) is 26.7 Å². The van der Waals surface area contributed by atoms with Crippen LogP contribution in [0.5, 0.6) is 0 Å². The molecule has 0 bridgehead atoms. The minimum Gasteiger partial charge on any atom is -0.0848 e. The second kappa shape index (κ2) is 3.61. The molecule has 13 heavy (non-hydrogen) atoms. The van der Waals surface area contributed by atoms with Gasteiger partial charge in [0.2, 0.25) is 0 Å². The fourth-order valence-corrected chi connectivity index (χ4v) is 3.13. The Kier molecular flexibility index (Phi) is 2.64. The number of fused-ring (bicyclic) bond motifs is 1. The van der Waals surface area contributed by atoms with Gasteiger partial charge in [0.25, 0.3) is 0 Å². The first kappa shape index (κ1) is 9.51. The second-order valence-corrected chi connectivity index (χ2v) is 5.52. The van der Waals surface area contributed by atoms with Crippen LogP contribution in [0.3, 0.4) is 0 Å². The lowest BCUT2D eigenvalue weighted by Crippen LogP contribution is -2.29. The average molecular weight is 241 g/mol. The Morgan fingerprint density at radius 3 is 2.85 bits per heavy atom. The Morgan fingerprint density at radius 1 is 1.31 bits per heavy atom. The highest BCUT2D eigenvalue weighted by atomic mass is 79.9. The van der Waals surface area contributed by atoms with E-state index in [1.165, 1.54) is 17.3 Å². The van der Waals surface area contributed by atoms with Crippen molar-refractivity contribution in [1.29, 1.82) is 0 Å². The normalized spacial score (nSPS) is 44.1. The van der Waals surface area contributed by atoms with Crippen molar-refractivity contribution in [2.45, 2.75) is 26.7 Å². The van der Waals surface area contributed by atoms with Crippen LogP contribution in [0.25, 0.3) is 0 Å². The van der Waals surface area contributed by atoms with E-state index >= 15 is 0 Å². The summed E-state index contributed by atoms with van der Waals surface area (Å²) in [6.07, 6.45) is 9.78. The third kappa shape index (κ3) is 1.76. The quantitative estimate of drug-likeness (QED) is 0.559. The van der Waals surface area contributed by atoms with E-state index in [4.69, 9.17) is 0 Å². The monoisotopic (exact) mass is 240 g/mol. The maximum Gasteiger partial charge on any atom is -0.00113 e. The third-order valence-corrected chi connectivity index (χ3v) is 4.39. The van der Waals surface area contributed by atoms with E-state index < -0.39 is 0 Å². The number of allylic oxidation sites excluding steroid dienone is 4. The van der Waals surface area contributed by atoms with E-state index in [1.807, 2.05) is 0 Å². The van der Waals surface area contributed by atoms with Gasteiger partial charge in [-0.05, 0) is 41.0 Å². The SMILES string of the molecule is CC1C=CC2C=C(Br)CCC2C1C. The highest BCUT2D eigenvalue weighted by molar-refractivity contribution is 9.11. The van der Waals surface area contributed by atoms with Gasteiger partial charge < -0.3 is 0 Å². The van der Waals surface area contributed by atoms with Crippen molar-refractivity contribution in [2.24, 2.45) is 23.7 Å². The largest absolute Gasteiger partial charge is 0.0848 e. The summed E-state index contributed by atoms with van der Waals surface area (Å²) in [6.45, 7) is 4.74. The van der Waals surface area contributed by atoms with E-state index in [-0.39, 0.29) is 0 Å². The summed E-state index contributed by atoms with van der Waals surface area (Å²) >= 11 is 3.61. The number of rotatable bonds is 0. The molecule has 4 atom stereocenters. The number of halogens is 1. The van der Waals surface area contributed by atoms with Gasteiger partial charge in [0, 0.05) is 0 Å². The molecular formula is C12H17Br. The minimum absolute atomic E-state index is 0.703. The standard InChI is InChI=1S/C12H17Br/c1-8-3-4-10-7-11(13)5-6-12(10)9(8)2/h3-4,7-10,12H,5-6H2,1-2H3. The maximum absolute atomic E-state index is 3.61. The predicted molar refractivity (Wildman–Crippen MR) is 60.7 cm³/mol. The van der Waals surface area contributed by atoms with Gasteiger partial charge in [0.15, 0.2) is 0 Å². The van der Waals surface area contributed by atoms with Gasteiger partial charge in [-0.1, -0.05) is 48.0 Å². The molecule has 0 aromatic heterocycles. The molecule has 4 unspecified atom stereocenters. The van der Waals surface area contributed by atoms with Crippen LogP contribution in [-0.4, -0.2) is 0 Å². The number of hydrogen-bond donors (Lipinski definition) is 0. The molecule has 0 amide bonds. The first-order chi connectivity index (χ1) is 6.18. The zero-order valence-electron chi connectivity index (χ0n) is 8.33. The van der Waals surface area contributed by atoms with Gasteiger partial charge >= 0.3 is 0 Å². The number of hydrogen-bond acceptors (Lipinski definition) is 0. The molecule has 2 aliphatic carbocycles. The zero-order valence-corrected chi connectivity index (χ0v) is 9.92. The first-order valence-corrected chi connectivity index (χ1v) is 6.02. The van der Waals surface area contributed by atoms with E-state index in [0.717, 1.165) is 17.8 Å². The molecule has 0 heterocycles. The molecule has 0 aromatic rings. The molecule has 0 saturated heterocycles. The second-order valence-electron chi connectivity index (χ2n) is 4.50. The van der Waals surface area contributed by atoms with E-state index in [1.54, 1.807) is 0 Å². The molecule has 2 rings (SSSR count). The molecular weight excluding hydrogens is 224 g/mol. The Bertz CT molecular complexity index is 252. The summed E-state index contributed by atoms with van der Waals surface area (Å²) in [7, 11) is 0. The van der Waals surface area contributed by atoms with Crippen LogP contribution in [0.15, 0.2) is 22.7 Å². The predicted octanol–water partition coefficient (Wildman–Crippen LogP) is 4.13. The van der Waals surface area contributed by atoms with Crippen LogP contribution in [-0.2, 0) is 0 Å². The van der Waals surface area contributed by atoms with Gasteiger partial charge in [-0.25, -0.2) is 0 Å². The molecule has 0 aromatic carbocycles. The van der Waals surface area contributed by atoms with Crippen molar-refractivity contribution in [3.63, 3.8) is 0 Å². The van der Waals surface area contributed by atoms with E-state index in [2.05, 4.69) is 48.0 Å². The van der Waals surface area contributed by atoms with Crippen molar-refractivity contribution >= 4 is 15.9 Å². The molecule has 2 aliphatic rings. The van der Waals surface area contributed by atoms with Crippen LogP contribution in [0.4, 0.5) is 0 Å². The summed E-state index contributed by atoms with van der Waals surface area (Å²) in [5, 5.41) is 0.